The molecule has 4 nitrogen and oxygen atoms in total. The maximum absolute atomic E-state index is 12.1. The van der Waals surface area contributed by atoms with Crippen molar-refractivity contribution >= 4 is 11.6 Å². The van der Waals surface area contributed by atoms with Gasteiger partial charge in [0.25, 0.3) is 0 Å². The molecule has 0 fully saturated rings. The van der Waals surface area contributed by atoms with Crippen molar-refractivity contribution in [3.05, 3.63) is 60.6 Å². The number of fused-ring (bicyclic) bond motifs is 1. The van der Waals surface area contributed by atoms with E-state index in [0.29, 0.717) is 17.2 Å². The topological polar surface area (TPSA) is 47.5 Å². The molecule has 2 aromatic heterocycles. The number of ketones is 1. The fraction of sp³-hybridized carbons (Fsp3) is 0.0667. The lowest BCUT2D eigenvalue weighted by molar-refractivity contribution is 0.104. The van der Waals surface area contributed by atoms with Crippen molar-refractivity contribution in [2.24, 2.45) is 0 Å². The van der Waals surface area contributed by atoms with E-state index in [2.05, 4.69) is 11.6 Å². The second kappa shape index (κ2) is 4.24. The van der Waals surface area contributed by atoms with E-state index < -0.39 is 0 Å². The largest absolute Gasteiger partial charge is 0.432 e. The summed E-state index contributed by atoms with van der Waals surface area (Å²) in [7, 11) is 0. The van der Waals surface area contributed by atoms with Gasteiger partial charge in [0.1, 0.15) is 17.7 Å². The molecule has 0 saturated carbocycles. The van der Waals surface area contributed by atoms with Gasteiger partial charge in [-0.15, -0.1) is 0 Å². The van der Waals surface area contributed by atoms with Crippen molar-refractivity contribution in [1.29, 1.82) is 0 Å². The van der Waals surface area contributed by atoms with Crippen LogP contribution in [-0.4, -0.2) is 15.2 Å². The number of nitrogens with zero attached hydrogens (tertiary/aromatic N) is 2. The van der Waals surface area contributed by atoms with E-state index in [0.717, 1.165) is 11.1 Å². The van der Waals surface area contributed by atoms with Crippen LogP contribution in [0.3, 0.4) is 0 Å². The molecule has 2 heterocycles. The Morgan fingerprint density at radius 1 is 1.42 bits per heavy atom. The van der Waals surface area contributed by atoms with E-state index in [1.807, 2.05) is 31.2 Å². The van der Waals surface area contributed by atoms with Gasteiger partial charge in [0.05, 0.1) is 0 Å². The predicted molar refractivity (Wildman–Crippen MR) is 72.2 cm³/mol. The average molecular weight is 252 g/mol. The highest BCUT2D eigenvalue weighted by atomic mass is 16.3. The lowest BCUT2D eigenvalue weighted by Crippen LogP contribution is -2.01. The van der Waals surface area contributed by atoms with Crippen molar-refractivity contribution in [1.82, 2.24) is 9.38 Å². The summed E-state index contributed by atoms with van der Waals surface area (Å²) in [5.41, 5.74) is 3.09. The summed E-state index contributed by atoms with van der Waals surface area (Å²) in [6, 6.07) is 7.80. The van der Waals surface area contributed by atoms with E-state index in [1.54, 1.807) is 10.6 Å². The van der Waals surface area contributed by atoms with E-state index in [1.165, 1.54) is 12.3 Å². The molecule has 1 aromatic carbocycles. The zero-order valence-electron chi connectivity index (χ0n) is 10.5. The van der Waals surface area contributed by atoms with Gasteiger partial charge in [-0.1, -0.05) is 30.8 Å². The van der Waals surface area contributed by atoms with Crippen LogP contribution in [0.2, 0.25) is 0 Å². The standard InChI is InChI=1S/C15H12N2O2/c1-3-12(18)14-13(11-7-5-4-6-10(11)2)16-15-17(14)8-9-19-15/h3-9H,1H2,2H3. The predicted octanol–water partition coefficient (Wildman–Crippen LogP) is 3.27. The molecule has 0 N–H and O–H groups in total. The van der Waals surface area contributed by atoms with Gasteiger partial charge < -0.3 is 4.42 Å². The van der Waals surface area contributed by atoms with E-state index in [-0.39, 0.29) is 5.78 Å². The number of rotatable bonds is 3. The first kappa shape index (κ1) is 11.5. The molecule has 4 heteroatoms. The summed E-state index contributed by atoms with van der Waals surface area (Å²) in [4.78, 5) is 16.5. The van der Waals surface area contributed by atoms with Crippen molar-refractivity contribution in [2.45, 2.75) is 6.92 Å². The van der Waals surface area contributed by atoms with Gasteiger partial charge in [-0.05, 0) is 18.6 Å². The molecule has 94 valence electrons. The summed E-state index contributed by atoms with van der Waals surface area (Å²) >= 11 is 0. The molecule has 0 aliphatic carbocycles. The number of carbonyl (C=O) groups excluding carboxylic acids is 1. The third-order valence-corrected chi connectivity index (χ3v) is 3.08. The molecule has 0 unspecified atom stereocenters. The van der Waals surface area contributed by atoms with Gasteiger partial charge in [0, 0.05) is 11.8 Å². The number of allylic oxidation sites excluding steroid dienone is 1. The van der Waals surface area contributed by atoms with Gasteiger partial charge in [-0.2, -0.15) is 4.98 Å². The van der Waals surface area contributed by atoms with Crippen LogP contribution in [0.1, 0.15) is 16.1 Å². The molecule has 0 radical (unpaired) electrons. The summed E-state index contributed by atoms with van der Waals surface area (Å²) in [5, 5.41) is 0. The Morgan fingerprint density at radius 2 is 2.21 bits per heavy atom. The van der Waals surface area contributed by atoms with Gasteiger partial charge in [-0.3, -0.25) is 9.20 Å². The zero-order valence-corrected chi connectivity index (χ0v) is 10.5. The Kier molecular flexibility index (Phi) is 2.56. The number of hydrogen-bond acceptors (Lipinski definition) is 3. The maximum atomic E-state index is 12.1. The van der Waals surface area contributed by atoms with Crippen LogP contribution in [0.25, 0.3) is 17.1 Å². The molecule has 19 heavy (non-hydrogen) atoms. The molecule has 0 spiro atoms. The number of imidazole rings is 1. The van der Waals surface area contributed by atoms with Crippen molar-refractivity contribution in [3.8, 4) is 11.3 Å². The van der Waals surface area contributed by atoms with Gasteiger partial charge in [0.2, 0.25) is 5.78 Å². The van der Waals surface area contributed by atoms with Crippen LogP contribution in [0.5, 0.6) is 0 Å². The maximum Gasteiger partial charge on any atom is 0.306 e. The summed E-state index contributed by atoms with van der Waals surface area (Å²) < 4.78 is 6.91. The summed E-state index contributed by atoms with van der Waals surface area (Å²) in [6.45, 7) is 5.53. The molecule has 3 aromatic rings. The Labute approximate surface area is 110 Å². The monoisotopic (exact) mass is 252 g/mol. The van der Waals surface area contributed by atoms with Crippen LogP contribution in [0.15, 0.2) is 53.8 Å². The Hall–Kier alpha value is -2.62. The highest BCUT2D eigenvalue weighted by Gasteiger charge is 2.20. The van der Waals surface area contributed by atoms with Crippen LogP contribution in [0, 0.1) is 6.92 Å². The van der Waals surface area contributed by atoms with E-state index >= 15 is 0 Å². The lowest BCUT2D eigenvalue weighted by atomic mass is 10.0. The summed E-state index contributed by atoms with van der Waals surface area (Å²) in [6.07, 6.45) is 4.48. The van der Waals surface area contributed by atoms with Gasteiger partial charge >= 0.3 is 5.84 Å². The number of hydrogen-bond donors (Lipinski definition) is 0. The Bertz CT molecular complexity index is 780. The SMILES string of the molecule is C=CC(=O)c1c(-c2ccccc2C)nc2occn12. The average Bonchev–Trinajstić information content (AvgIpc) is 2.98. The number of aromatic nitrogens is 2. The van der Waals surface area contributed by atoms with E-state index in [9.17, 15) is 4.79 Å². The highest BCUT2D eigenvalue weighted by molar-refractivity contribution is 6.07. The third-order valence-electron chi connectivity index (χ3n) is 3.08. The summed E-state index contributed by atoms with van der Waals surface area (Å²) in [5.74, 6) is 0.232. The molecule has 0 aliphatic heterocycles. The quantitative estimate of drug-likeness (QED) is 0.531. The molecule has 0 amide bonds. The molecular weight excluding hydrogens is 240 g/mol. The first-order valence-electron chi connectivity index (χ1n) is 5.90. The van der Waals surface area contributed by atoms with E-state index in [4.69, 9.17) is 4.42 Å². The fourth-order valence-corrected chi connectivity index (χ4v) is 2.14. The smallest absolute Gasteiger partial charge is 0.306 e. The van der Waals surface area contributed by atoms with Gasteiger partial charge in [-0.25, -0.2) is 0 Å². The minimum Gasteiger partial charge on any atom is -0.432 e. The van der Waals surface area contributed by atoms with Gasteiger partial charge in [0.15, 0.2) is 0 Å². The highest BCUT2D eigenvalue weighted by Crippen LogP contribution is 2.27. The minimum absolute atomic E-state index is 0.174. The third kappa shape index (κ3) is 1.69. The molecular formula is C15H12N2O2. The van der Waals surface area contributed by atoms with Crippen LogP contribution in [0.4, 0.5) is 0 Å². The number of aryl methyl sites for hydroxylation is 1. The molecule has 0 saturated heterocycles. The lowest BCUT2D eigenvalue weighted by Gasteiger charge is -2.04. The zero-order chi connectivity index (χ0) is 13.4. The normalized spacial score (nSPS) is 10.8. The number of oxazole rings is 1. The minimum atomic E-state index is -0.174. The number of benzene rings is 1. The molecule has 3 rings (SSSR count). The molecule has 0 bridgehead atoms. The first-order chi connectivity index (χ1) is 9.22. The van der Waals surface area contributed by atoms with Crippen LogP contribution >= 0.6 is 0 Å². The first-order valence-corrected chi connectivity index (χ1v) is 5.90. The molecule has 0 atom stereocenters. The molecule has 0 aliphatic rings. The second-order valence-corrected chi connectivity index (χ2v) is 4.25. The second-order valence-electron chi connectivity index (χ2n) is 4.25. The fourth-order valence-electron chi connectivity index (χ4n) is 2.14. The van der Waals surface area contributed by atoms with Crippen LogP contribution in [-0.2, 0) is 0 Å². The van der Waals surface area contributed by atoms with Crippen molar-refractivity contribution in [2.75, 3.05) is 0 Å². The van der Waals surface area contributed by atoms with Crippen molar-refractivity contribution < 1.29 is 9.21 Å². The number of carbonyl (C=O) groups is 1. The van der Waals surface area contributed by atoms with Crippen LogP contribution < -0.4 is 0 Å². The Morgan fingerprint density at radius 3 is 2.95 bits per heavy atom. The Balaban J connectivity index is 2.35. The van der Waals surface area contributed by atoms with Crippen molar-refractivity contribution in [3.63, 3.8) is 0 Å².